The first-order chi connectivity index (χ1) is 12.7. The number of rotatable bonds is 8. The second-order valence-electron chi connectivity index (χ2n) is 6.58. The highest BCUT2D eigenvalue weighted by Crippen LogP contribution is 2.33. The maximum absolute atomic E-state index is 10.5. The molecule has 1 aromatic carbocycles. The number of methoxy groups -OCH3 is 1. The van der Waals surface area contributed by atoms with Crippen LogP contribution in [-0.4, -0.2) is 42.9 Å². The summed E-state index contributed by atoms with van der Waals surface area (Å²) in [6.45, 7) is 3.89. The summed E-state index contributed by atoms with van der Waals surface area (Å²) in [7, 11) is 1.63. The van der Waals surface area contributed by atoms with Gasteiger partial charge in [-0.25, -0.2) is 0 Å². The van der Waals surface area contributed by atoms with Gasteiger partial charge in [0, 0.05) is 12.6 Å². The van der Waals surface area contributed by atoms with E-state index in [1.807, 2.05) is 37.3 Å². The number of aliphatic hydroxyl groups excluding tert-OH is 1. The van der Waals surface area contributed by atoms with Crippen LogP contribution < -0.4 is 9.47 Å². The molecule has 1 aliphatic heterocycles. The zero-order valence-corrected chi connectivity index (χ0v) is 16.2. The Bertz CT molecular complexity index is 714. The number of thiophene rings is 1. The Hall–Kier alpha value is -1.82. The number of likely N-dealkylation sites (tertiary alicyclic amines) is 1. The van der Waals surface area contributed by atoms with Crippen LogP contribution in [0.15, 0.2) is 41.1 Å². The normalized spacial score (nSPS) is 19.1. The van der Waals surface area contributed by atoms with Crippen molar-refractivity contribution in [2.24, 2.45) is 0 Å². The third-order valence-electron chi connectivity index (χ3n) is 4.71. The maximum Gasteiger partial charge on any atom is 0.161 e. The van der Waals surface area contributed by atoms with Crippen molar-refractivity contribution < 1.29 is 14.6 Å². The molecular formula is C21H27NO3S. The van der Waals surface area contributed by atoms with E-state index in [0.29, 0.717) is 24.1 Å². The summed E-state index contributed by atoms with van der Waals surface area (Å²) >= 11 is 1.73. The molecule has 0 spiro atoms. The lowest BCUT2D eigenvalue weighted by Crippen LogP contribution is -2.35. The Kier molecular flexibility index (Phi) is 6.72. The Morgan fingerprint density at radius 2 is 2.23 bits per heavy atom. The van der Waals surface area contributed by atoms with Crippen molar-refractivity contribution in [1.29, 1.82) is 0 Å². The number of nitrogens with zero attached hydrogens (tertiary/aromatic N) is 1. The molecule has 3 rings (SSSR count). The van der Waals surface area contributed by atoms with Gasteiger partial charge in [0.05, 0.1) is 7.11 Å². The number of benzene rings is 1. The smallest absolute Gasteiger partial charge is 0.161 e. The van der Waals surface area contributed by atoms with E-state index in [0.717, 1.165) is 18.5 Å². The topological polar surface area (TPSA) is 41.9 Å². The minimum absolute atomic E-state index is 0.256. The van der Waals surface area contributed by atoms with Gasteiger partial charge in [-0.1, -0.05) is 18.2 Å². The largest absolute Gasteiger partial charge is 0.493 e. The molecule has 1 aromatic heterocycles. The van der Waals surface area contributed by atoms with Gasteiger partial charge in [0.2, 0.25) is 0 Å². The number of allylic oxidation sites excluding steroid dienone is 1. The van der Waals surface area contributed by atoms with Crippen LogP contribution in [0.4, 0.5) is 0 Å². The van der Waals surface area contributed by atoms with Crippen LogP contribution in [0.1, 0.15) is 36.9 Å². The van der Waals surface area contributed by atoms with E-state index in [1.165, 1.54) is 12.0 Å². The zero-order chi connectivity index (χ0) is 18.4. The summed E-state index contributed by atoms with van der Waals surface area (Å²) in [6, 6.07) is 8.43. The molecule has 2 atom stereocenters. The molecule has 2 unspecified atom stereocenters. The first-order valence-corrected chi connectivity index (χ1v) is 10.0. The number of hydrogen-bond acceptors (Lipinski definition) is 5. The van der Waals surface area contributed by atoms with Crippen LogP contribution in [-0.2, 0) is 0 Å². The van der Waals surface area contributed by atoms with Crippen molar-refractivity contribution in [1.82, 2.24) is 4.90 Å². The summed E-state index contributed by atoms with van der Waals surface area (Å²) in [4.78, 5) is 2.36. The summed E-state index contributed by atoms with van der Waals surface area (Å²) in [5.41, 5.74) is 2.43. The van der Waals surface area contributed by atoms with Gasteiger partial charge in [0.15, 0.2) is 11.5 Å². The van der Waals surface area contributed by atoms with Crippen molar-refractivity contribution in [2.75, 3.05) is 26.8 Å². The minimum Gasteiger partial charge on any atom is -0.493 e. The van der Waals surface area contributed by atoms with E-state index in [1.54, 1.807) is 18.4 Å². The molecule has 26 heavy (non-hydrogen) atoms. The summed E-state index contributed by atoms with van der Waals surface area (Å²) in [6.07, 6.45) is 5.80. The Labute approximate surface area is 159 Å². The lowest BCUT2D eigenvalue weighted by Gasteiger charge is -2.26. The molecule has 0 aliphatic carbocycles. The Morgan fingerprint density at radius 3 is 2.96 bits per heavy atom. The fourth-order valence-corrected chi connectivity index (χ4v) is 4.20. The van der Waals surface area contributed by atoms with Crippen molar-refractivity contribution >= 4 is 17.4 Å². The van der Waals surface area contributed by atoms with Gasteiger partial charge in [0.25, 0.3) is 0 Å². The second-order valence-corrected chi connectivity index (χ2v) is 7.36. The molecule has 4 nitrogen and oxygen atoms in total. The summed E-state index contributed by atoms with van der Waals surface area (Å²) < 4.78 is 11.2. The molecule has 0 amide bonds. The van der Waals surface area contributed by atoms with Crippen LogP contribution in [0.25, 0.3) is 6.08 Å². The molecule has 1 N–H and O–H groups in total. The molecule has 0 saturated carbocycles. The summed E-state index contributed by atoms with van der Waals surface area (Å²) in [5.74, 6) is 1.35. The highest BCUT2D eigenvalue weighted by molar-refractivity contribution is 7.07. The van der Waals surface area contributed by atoms with Crippen LogP contribution in [0.3, 0.4) is 0 Å². The van der Waals surface area contributed by atoms with Crippen LogP contribution in [0.2, 0.25) is 0 Å². The number of ether oxygens (including phenoxy) is 2. The van der Waals surface area contributed by atoms with Crippen LogP contribution in [0.5, 0.6) is 11.5 Å². The van der Waals surface area contributed by atoms with Crippen molar-refractivity contribution in [2.45, 2.75) is 31.9 Å². The van der Waals surface area contributed by atoms with E-state index in [4.69, 9.17) is 9.47 Å². The second kappa shape index (κ2) is 9.21. The van der Waals surface area contributed by atoms with Gasteiger partial charge in [-0.15, -0.1) is 0 Å². The van der Waals surface area contributed by atoms with Gasteiger partial charge in [-0.2, -0.15) is 11.3 Å². The highest BCUT2D eigenvalue weighted by atomic mass is 32.1. The molecule has 0 bridgehead atoms. The van der Waals surface area contributed by atoms with E-state index >= 15 is 0 Å². The van der Waals surface area contributed by atoms with E-state index in [9.17, 15) is 5.11 Å². The molecule has 2 aromatic rings. The fraction of sp³-hybridized carbons (Fsp3) is 0.429. The number of hydrogen-bond donors (Lipinski definition) is 1. The van der Waals surface area contributed by atoms with Crippen LogP contribution >= 0.6 is 11.3 Å². The van der Waals surface area contributed by atoms with Crippen LogP contribution in [0, 0.1) is 0 Å². The van der Waals surface area contributed by atoms with Gasteiger partial charge < -0.3 is 14.6 Å². The summed E-state index contributed by atoms with van der Waals surface area (Å²) in [5, 5.41) is 14.8. The third kappa shape index (κ3) is 4.67. The van der Waals surface area contributed by atoms with Crippen molar-refractivity contribution in [3.8, 4) is 11.5 Å². The lowest BCUT2D eigenvalue weighted by molar-refractivity contribution is 0.0630. The first-order valence-electron chi connectivity index (χ1n) is 9.09. The molecule has 1 saturated heterocycles. The highest BCUT2D eigenvalue weighted by Gasteiger charge is 2.28. The number of β-amino-alcohol motifs (C(OH)–C–C–N with tert-alkyl or cyclic N) is 1. The molecule has 1 fully saturated rings. The van der Waals surface area contributed by atoms with Crippen molar-refractivity contribution in [3.63, 3.8) is 0 Å². The third-order valence-corrected chi connectivity index (χ3v) is 5.42. The van der Waals surface area contributed by atoms with E-state index in [-0.39, 0.29) is 6.61 Å². The predicted molar refractivity (Wildman–Crippen MR) is 107 cm³/mol. The molecule has 5 heteroatoms. The monoisotopic (exact) mass is 373 g/mol. The molecule has 0 radical (unpaired) electrons. The average Bonchev–Trinajstić information content (AvgIpc) is 3.32. The Morgan fingerprint density at radius 1 is 1.35 bits per heavy atom. The van der Waals surface area contributed by atoms with E-state index < -0.39 is 6.10 Å². The van der Waals surface area contributed by atoms with Gasteiger partial charge in [-0.3, -0.25) is 4.90 Å². The quantitative estimate of drug-likeness (QED) is 0.746. The minimum atomic E-state index is -0.533. The SMILES string of the molecule is CC=Cc1ccc(OCC(O)CN2CCCC2c2ccsc2)c(OC)c1. The van der Waals surface area contributed by atoms with Gasteiger partial charge in [-0.05, 0) is 66.4 Å². The fourth-order valence-electron chi connectivity index (χ4n) is 3.50. The molecule has 2 heterocycles. The van der Waals surface area contributed by atoms with E-state index in [2.05, 4.69) is 21.7 Å². The molecule has 140 valence electrons. The maximum atomic E-state index is 10.5. The lowest BCUT2D eigenvalue weighted by atomic mass is 10.1. The van der Waals surface area contributed by atoms with Gasteiger partial charge >= 0.3 is 0 Å². The zero-order valence-electron chi connectivity index (χ0n) is 15.4. The predicted octanol–water partition coefficient (Wildman–Crippen LogP) is 4.37. The molecule has 1 aliphatic rings. The average molecular weight is 374 g/mol. The number of aliphatic hydroxyl groups is 1. The standard InChI is InChI=1S/C21H27NO3S/c1-3-5-16-7-8-20(21(12-16)24-2)25-14-18(23)13-22-10-4-6-19(22)17-9-11-26-15-17/h3,5,7-9,11-12,15,18-19,23H,4,6,10,13-14H2,1-2H3. The first kappa shape index (κ1) is 19.0. The van der Waals surface area contributed by atoms with Gasteiger partial charge in [0.1, 0.15) is 12.7 Å². The van der Waals surface area contributed by atoms with Crippen molar-refractivity contribution in [3.05, 3.63) is 52.2 Å². The molecular weight excluding hydrogens is 346 g/mol. The Balaban J connectivity index is 1.56.